The summed E-state index contributed by atoms with van der Waals surface area (Å²) in [5, 5.41) is 2.47. The van der Waals surface area contributed by atoms with Crippen LogP contribution in [0.15, 0.2) is 0 Å². The summed E-state index contributed by atoms with van der Waals surface area (Å²) in [5.74, 6) is -0.106. The zero-order valence-corrected chi connectivity index (χ0v) is 11.3. The van der Waals surface area contributed by atoms with Gasteiger partial charge in [0, 0.05) is 17.3 Å². The molecule has 3 amide bonds. The van der Waals surface area contributed by atoms with E-state index < -0.39 is 0 Å². The number of amides is 3. The number of rotatable bonds is 2. The average Bonchev–Trinajstić information content (AvgIpc) is 2.23. The molecule has 0 bridgehead atoms. The molecule has 2 rings (SSSR count). The van der Waals surface area contributed by atoms with Crippen LogP contribution in [0, 0.1) is 5.92 Å². The van der Waals surface area contributed by atoms with Crippen LogP contribution in [0.4, 0.5) is 4.79 Å². The van der Waals surface area contributed by atoms with Crippen molar-refractivity contribution in [3.8, 4) is 0 Å². The summed E-state index contributed by atoms with van der Waals surface area (Å²) in [6, 6.07) is -0.170. The second-order valence-corrected chi connectivity index (χ2v) is 6.90. The van der Waals surface area contributed by atoms with Gasteiger partial charge in [-0.25, -0.2) is 4.79 Å². The Balaban J connectivity index is 2.17. The van der Waals surface area contributed by atoms with Gasteiger partial charge >= 0.3 is 6.03 Å². The van der Waals surface area contributed by atoms with Gasteiger partial charge in [-0.2, -0.15) is 12.6 Å². The Labute approximate surface area is 108 Å². The second-order valence-electron chi connectivity index (χ2n) is 5.69. The molecule has 2 unspecified atom stereocenters. The molecule has 4 nitrogen and oxygen atoms in total. The lowest BCUT2D eigenvalue weighted by molar-refractivity contribution is -0.129. The monoisotopic (exact) mass is 256 g/mol. The van der Waals surface area contributed by atoms with Crippen LogP contribution in [0.5, 0.6) is 0 Å². The highest BCUT2D eigenvalue weighted by Crippen LogP contribution is 2.32. The van der Waals surface area contributed by atoms with Gasteiger partial charge in [0.15, 0.2) is 0 Å². The number of hydrogen-bond acceptors (Lipinski definition) is 3. The van der Waals surface area contributed by atoms with E-state index in [-0.39, 0.29) is 28.6 Å². The Morgan fingerprint density at radius 3 is 2.65 bits per heavy atom. The van der Waals surface area contributed by atoms with Crippen molar-refractivity contribution in [2.75, 3.05) is 6.54 Å². The number of hydrogen-bond donors (Lipinski definition) is 2. The van der Waals surface area contributed by atoms with E-state index in [0.717, 1.165) is 25.7 Å². The van der Waals surface area contributed by atoms with Gasteiger partial charge in [-0.05, 0) is 26.7 Å². The van der Waals surface area contributed by atoms with Crippen LogP contribution >= 0.6 is 12.6 Å². The molecule has 1 aliphatic carbocycles. The molecule has 0 spiro atoms. The molecule has 0 aromatic carbocycles. The molecule has 0 radical (unpaired) electrons. The molecule has 2 fully saturated rings. The third kappa shape index (κ3) is 2.76. The summed E-state index contributed by atoms with van der Waals surface area (Å²) in [7, 11) is 0. The maximum atomic E-state index is 11.9. The zero-order chi connectivity index (χ0) is 12.6. The predicted octanol–water partition coefficient (Wildman–Crippen LogP) is 1.81. The summed E-state index contributed by atoms with van der Waals surface area (Å²) in [6.45, 7) is 4.55. The summed E-state index contributed by atoms with van der Waals surface area (Å²) in [5.41, 5.74) is 0. The minimum Gasteiger partial charge on any atom is -0.319 e. The molecule has 1 saturated heterocycles. The summed E-state index contributed by atoms with van der Waals surface area (Å²) in [6.07, 6.45) is 4.02. The molecule has 5 heteroatoms. The van der Waals surface area contributed by atoms with E-state index in [2.05, 4.69) is 17.9 Å². The summed E-state index contributed by atoms with van der Waals surface area (Å²) < 4.78 is -0.236. The van der Waals surface area contributed by atoms with Crippen molar-refractivity contribution in [1.82, 2.24) is 10.2 Å². The Kier molecular flexibility index (Phi) is 3.39. The van der Waals surface area contributed by atoms with Crippen molar-refractivity contribution in [1.29, 1.82) is 0 Å². The van der Waals surface area contributed by atoms with Crippen LogP contribution in [0.25, 0.3) is 0 Å². The van der Waals surface area contributed by atoms with Gasteiger partial charge in [-0.15, -0.1) is 0 Å². The number of thiol groups is 1. The minimum atomic E-state index is -0.250. The fourth-order valence-electron chi connectivity index (χ4n) is 2.82. The van der Waals surface area contributed by atoms with E-state index in [9.17, 15) is 9.59 Å². The van der Waals surface area contributed by atoms with E-state index in [1.54, 1.807) is 4.90 Å². The van der Waals surface area contributed by atoms with Crippen molar-refractivity contribution in [2.45, 2.75) is 50.3 Å². The fourth-order valence-corrected chi connectivity index (χ4v) is 2.97. The summed E-state index contributed by atoms with van der Waals surface area (Å²) in [4.78, 5) is 25.5. The lowest BCUT2D eigenvalue weighted by Gasteiger charge is -2.44. The number of fused-ring (bicyclic) bond motifs is 1. The highest BCUT2D eigenvalue weighted by atomic mass is 32.1. The maximum absolute atomic E-state index is 11.9. The number of carbonyl (C=O) groups excluding carboxylic acids is 2. The molecule has 1 saturated carbocycles. The molecule has 17 heavy (non-hydrogen) atoms. The highest BCUT2D eigenvalue weighted by Gasteiger charge is 2.43. The topological polar surface area (TPSA) is 49.4 Å². The average molecular weight is 256 g/mol. The smallest absolute Gasteiger partial charge is 0.319 e. The van der Waals surface area contributed by atoms with Gasteiger partial charge in [0.05, 0.1) is 5.92 Å². The number of urea groups is 1. The normalized spacial score (nSPS) is 29.9. The quantitative estimate of drug-likeness (QED) is 0.740. The Hall–Kier alpha value is -0.710. The Bertz CT molecular complexity index is 338. The van der Waals surface area contributed by atoms with Crippen molar-refractivity contribution in [3.05, 3.63) is 0 Å². The van der Waals surface area contributed by atoms with E-state index >= 15 is 0 Å². The van der Waals surface area contributed by atoms with Gasteiger partial charge in [0.1, 0.15) is 0 Å². The number of nitrogens with one attached hydrogen (secondary N) is 1. The van der Waals surface area contributed by atoms with Gasteiger partial charge in [0.25, 0.3) is 0 Å². The second kappa shape index (κ2) is 4.52. The van der Waals surface area contributed by atoms with Crippen LogP contribution in [-0.4, -0.2) is 34.2 Å². The largest absolute Gasteiger partial charge is 0.324 e. The van der Waals surface area contributed by atoms with E-state index in [1.807, 2.05) is 13.8 Å². The fraction of sp³-hybridized carbons (Fsp3) is 0.833. The standard InChI is InChI=1S/C12H20N2O2S/c1-12(2,17)7-14-9-6-4-3-5-8(9)10(15)13-11(14)16/h8-9,17H,3-7H2,1-2H3,(H,13,15,16). The third-order valence-corrected chi connectivity index (χ3v) is 3.66. The minimum absolute atomic E-state index is 0.0165. The lowest BCUT2D eigenvalue weighted by atomic mass is 9.81. The van der Waals surface area contributed by atoms with Crippen molar-refractivity contribution in [3.63, 3.8) is 0 Å². The molecular formula is C12H20N2O2S. The molecule has 1 aliphatic heterocycles. The SMILES string of the molecule is CC(C)(S)CN1C(=O)NC(=O)C2CCCCC21. The number of nitrogens with zero attached hydrogens (tertiary/aromatic N) is 1. The number of carbonyl (C=O) groups is 2. The predicted molar refractivity (Wildman–Crippen MR) is 69.1 cm³/mol. The molecule has 0 aromatic heterocycles. The van der Waals surface area contributed by atoms with Crippen molar-refractivity contribution >= 4 is 24.6 Å². The van der Waals surface area contributed by atoms with Gasteiger partial charge in [-0.1, -0.05) is 12.8 Å². The molecule has 2 aliphatic rings. The van der Waals surface area contributed by atoms with Crippen LogP contribution in [0.1, 0.15) is 39.5 Å². The van der Waals surface area contributed by atoms with E-state index in [4.69, 9.17) is 0 Å². The van der Waals surface area contributed by atoms with Gasteiger partial charge < -0.3 is 4.90 Å². The molecule has 1 heterocycles. The molecular weight excluding hydrogens is 236 g/mol. The Morgan fingerprint density at radius 1 is 1.35 bits per heavy atom. The van der Waals surface area contributed by atoms with Gasteiger partial charge in [0.2, 0.25) is 5.91 Å². The first-order valence-corrected chi connectivity index (χ1v) is 6.67. The zero-order valence-electron chi connectivity index (χ0n) is 10.4. The van der Waals surface area contributed by atoms with Crippen molar-refractivity contribution < 1.29 is 9.59 Å². The summed E-state index contributed by atoms with van der Waals surface area (Å²) >= 11 is 4.48. The van der Waals surface area contributed by atoms with Crippen LogP contribution in [0.2, 0.25) is 0 Å². The highest BCUT2D eigenvalue weighted by molar-refractivity contribution is 7.81. The van der Waals surface area contributed by atoms with E-state index in [1.165, 1.54) is 0 Å². The maximum Gasteiger partial charge on any atom is 0.324 e. The first kappa shape index (κ1) is 12.7. The third-order valence-electron chi connectivity index (χ3n) is 3.51. The molecule has 96 valence electrons. The van der Waals surface area contributed by atoms with Crippen molar-refractivity contribution in [2.24, 2.45) is 5.92 Å². The first-order valence-electron chi connectivity index (χ1n) is 6.22. The lowest BCUT2D eigenvalue weighted by Crippen LogP contribution is -2.62. The number of imide groups is 1. The van der Waals surface area contributed by atoms with E-state index in [0.29, 0.717) is 6.54 Å². The van der Waals surface area contributed by atoms with Gasteiger partial charge in [-0.3, -0.25) is 10.1 Å². The molecule has 2 atom stereocenters. The van der Waals surface area contributed by atoms with Crippen LogP contribution in [-0.2, 0) is 4.79 Å². The van der Waals surface area contributed by atoms with Crippen LogP contribution in [0.3, 0.4) is 0 Å². The Morgan fingerprint density at radius 2 is 2.00 bits per heavy atom. The van der Waals surface area contributed by atoms with Crippen LogP contribution < -0.4 is 5.32 Å². The first-order chi connectivity index (χ1) is 7.88. The molecule has 1 N–H and O–H groups in total. The molecule has 0 aromatic rings.